The van der Waals surface area contributed by atoms with E-state index >= 15 is 0 Å². The molecule has 0 aliphatic carbocycles. The number of carbonyl (C=O) groups is 1. The van der Waals surface area contributed by atoms with Crippen LogP contribution in [0.5, 0.6) is 0 Å². The summed E-state index contributed by atoms with van der Waals surface area (Å²) < 4.78 is 7.64. The summed E-state index contributed by atoms with van der Waals surface area (Å²) in [6.07, 6.45) is 3.15. The number of hydrogen-bond donors (Lipinski definition) is 0. The summed E-state index contributed by atoms with van der Waals surface area (Å²) in [5, 5.41) is 4.27. The van der Waals surface area contributed by atoms with Crippen molar-refractivity contribution in [1.29, 1.82) is 0 Å². The fourth-order valence-corrected chi connectivity index (χ4v) is 2.51. The highest BCUT2D eigenvalue weighted by Gasteiger charge is 2.16. The van der Waals surface area contributed by atoms with Gasteiger partial charge in [0, 0.05) is 16.2 Å². The first-order valence-corrected chi connectivity index (χ1v) is 7.26. The number of aromatic nitrogens is 3. The number of halogens is 1. The van der Waals surface area contributed by atoms with Gasteiger partial charge in [-0.15, -0.1) is 0 Å². The first kappa shape index (κ1) is 13.8. The summed E-state index contributed by atoms with van der Waals surface area (Å²) in [6.45, 7) is 2.09. The average molecular weight is 346 g/mol. The van der Waals surface area contributed by atoms with Crippen LogP contribution in [0.4, 0.5) is 0 Å². The molecule has 3 aromatic rings. The van der Waals surface area contributed by atoms with Crippen LogP contribution in [0.2, 0.25) is 0 Å². The van der Waals surface area contributed by atoms with Gasteiger partial charge in [0.25, 0.3) is 0 Å². The minimum absolute atomic E-state index is 0.321. The van der Waals surface area contributed by atoms with Gasteiger partial charge in [-0.25, -0.2) is 14.3 Å². The van der Waals surface area contributed by atoms with Gasteiger partial charge < -0.3 is 4.74 Å². The summed E-state index contributed by atoms with van der Waals surface area (Å²) in [5.74, 6) is -0.411. The maximum atomic E-state index is 11.9. The number of esters is 1. The lowest BCUT2D eigenvalue weighted by Crippen LogP contribution is -2.05. The van der Waals surface area contributed by atoms with E-state index in [4.69, 9.17) is 4.74 Å². The largest absolute Gasteiger partial charge is 0.462 e. The lowest BCUT2D eigenvalue weighted by Gasteiger charge is -2.05. The highest BCUT2D eigenvalue weighted by Crippen LogP contribution is 2.24. The Morgan fingerprint density at radius 3 is 3.00 bits per heavy atom. The third kappa shape index (κ3) is 2.54. The topological polar surface area (TPSA) is 56.5 Å². The van der Waals surface area contributed by atoms with Crippen molar-refractivity contribution in [3.8, 4) is 11.3 Å². The Morgan fingerprint density at radius 2 is 2.24 bits per heavy atom. The third-order valence-corrected chi connectivity index (χ3v) is 3.51. The van der Waals surface area contributed by atoms with Crippen molar-refractivity contribution >= 4 is 27.5 Å². The van der Waals surface area contributed by atoms with Gasteiger partial charge >= 0.3 is 5.97 Å². The van der Waals surface area contributed by atoms with Gasteiger partial charge in [-0.3, -0.25) is 0 Å². The van der Waals surface area contributed by atoms with Gasteiger partial charge in [0.2, 0.25) is 0 Å². The van der Waals surface area contributed by atoms with Crippen molar-refractivity contribution in [3.05, 3.63) is 52.8 Å². The van der Waals surface area contributed by atoms with Crippen LogP contribution >= 0.6 is 15.9 Å². The van der Waals surface area contributed by atoms with Crippen LogP contribution in [-0.2, 0) is 4.74 Å². The average Bonchev–Trinajstić information content (AvgIpc) is 2.91. The molecule has 0 N–H and O–H groups in total. The van der Waals surface area contributed by atoms with Crippen molar-refractivity contribution in [2.75, 3.05) is 6.61 Å². The molecule has 0 amide bonds. The lowest BCUT2D eigenvalue weighted by atomic mass is 10.1. The lowest BCUT2D eigenvalue weighted by molar-refractivity contribution is 0.0528. The molecular formula is C15H12BrN3O2. The maximum Gasteiger partial charge on any atom is 0.343 e. The molecule has 0 aliphatic heterocycles. The second kappa shape index (κ2) is 5.65. The Bertz CT molecular complexity index is 814. The molecule has 3 rings (SSSR count). The molecule has 106 valence electrons. The molecule has 0 saturated heterocycles. The van der Waals surface area contributed by atoms with E-state index in [0.717, 1.165) is 15.7 Å². The van der Waals surface area contributed by atoms with E-state index in [1.165, 1.54) is 6.20 Å². The van der Waals surface area contributed by atoms with E-state index in [9.17, 15) is 4.79 Å². The highest BCUT2D eigenvalue weighted by molar-refractivity contribution is 9.10. The number of hydrogen-bond acceptors (Lipinski definition) is 4. The van der Waals surface area contributed by atoms with Crippen LogP contribution in [0.3, 0.4) is 0 Å². The molecule has 2 heterocycles. The Morgan fingerprint density at radius 1 is 1.38 bits per heavy atom. The fourth-order valence-electron chi connectivity index (χ4n) is 2.11. The molecule has 0 aliphatic rings. The van der Waals surface area contributed by atoms with E-state index in [2.05, 4.69) is 26.0 Å². The minimum atomic E-state index is -0.411. The molecule has 0 unspecified atom stereocenters. The Labute approximate surface area is 129 Å². The maximum absolute atomic E-state index is 11.9. The van der Waals surface area contributed by atoms with Gasteiger partial charge in [-0.2, -0.15) is 5.10 Å². The van der Waals surface area contributed by atoms with Gasteiger partial charge in [-0.05, 0) is 25.1 Å². The quantitative estimate of drug-likeness (QED) is 0.683. The fraction of sp³-hybridized carbons (Fsp3) is 0.133. The summed E-state index contributed by atoms with van der Waals surface area (Å²) in [5.41, 5.74) is 2.70. The van der Waals surface area contributed by atoms with Crippen molar-refractivity contribution in [3.63, 3.8) is 0 Å². The standard InChI is InChI=1S/C15H12BrN3O2/c1-2-21-15(20)12-9-18-19-13(6-7-17-14(12)19)10-4-3-5-11(16)8-10/h3-9H,2H2,1H3. The van der Waals surface area contributed by atoms with Crippen LogP contribution in [0.25, 0.3) is 16.9 Å². The van der Waals surface area contributed by atoms with Crippen LogP contribution in [0.1, 0.15) is 17.3 Å². The van der Waals surface area contributed by atoms with Crippen LogP contribution in [-0.4, -0.2) is 27.2 Å². The van der Waals surface area contributed by atoms with Gasteiger partial charge in [0.05, 0.1) is 18.5 Å². The van der Waals surface area contributed by atoms with E-state index in [0.29, 0.717) is 17.8 Å². The van der Waals surface area contributed by atoms with Crippen LogP contribution < -0.4 is 0 Å². The van der Waals surface area contributed by atoms with Crippen molar-refractivity contribution in [2.45, 2.75) is 6.92 Å². The van der Waals surface area contributed by atoms with Crippen molar-refractivity contribution in [1.82, 2.24) is 14.6 Å². The molecule has 2 aromatic heterocycles. The second-order valence-corrected chi connectivity index (χ2v) is 5.27. The minimum Gasteiger partial charge on any atom is -0.462 e. The molecule has 0 fully saturated rings. The smallest absolute Gasteiger partial charge is 0.343 e. The first-order chi connectivity index (χ1) is 10.2. The predicted molar refractivity (Wildman–Crippen MR) is 82.1 cm³/mol. The van der Waals surface area contributed by atoms with E-state index in [1.807, 2.05) is 30.3 Å². The third-order valence-electron chi connectivity index (χ3n) is 3.02. The van der Waals surface area contributed by atoms with E-state index < -0.39 is 5.97 Å². The van der Waals surface area contributed by atoms with Gasteiger partial charge in [0.1, 0.15) is 5.56 Å². The number of rotatable bonds is 3. The summed E-state index contributed by atoms with van der Waals surface area (Å²) in [6, 6.07) is 9.72. The Kier molecular flexibility index (Phi) is 3.70. The molecule has 0 bridgehead atoms. The van der Waals surface area contributed by atoms with Crippen LogP contribution in [0.15, 0.2) is 47.2 Å². The van der Waals surface area contributed by atoms with E-state index in [1.54, 1.807) is 17.6 Å². The van der Waals surface area contributed by atoms with Gasteiger partial charge in [0.15, 0.2) is 5.65 Å². The molecule has 0 spiro atoms. The van der Waals surface area contributed by atoms with Crippen molar-refractivity contribution in [2.24, 2.45) is 0 Å². The molecule has 1 aromatic carbocycles. The normalized spacial score (nSPS) is 10.8. The predicted octanol–water partition coefficient (Wildman–Crippen LogP) is 3.34. The molecular weight excluding hydrogens is 334 g/mol. The number of nitrogens with zero attached hydrogens (tertiary/aromatic N) is 3. The first-order valence-electron chi connectivity index (χ1n) is 6.46. The SMILES string of the molecule is CCOC(=O)c1cnn2c(-c3cccc(Br)c3)ccnc12. The zero-order chi connectivity index (χ0) is 14.8. The van der Waals surface area contributed by atoms with Gasteiger partial charge in [-0.1, -0.05) is 28.1 Å². The summed E-state index contributed by atoms with van der Waals surface area (Å²) >= 11 is 3.45. The Hall–Kier alpha value is -2.21. The number of fused-ring (bicyclic) bond motifs is 1. The van der Waals surface area contributed by atoms with Crippen molar-refractivity contribution < 1.29 is 9.53 Å². The molecule has 0 radical (unpaired) electrons. The summed E-state index contributed by atoms with van der Waals surface area (Å²) in [7, 11) is 0. The molecule has 5 nitrogen and oxygen atoms in total. The zero-order valence-electron chi connectivity index (χ0n) is 11.3. The number of carbonyl (C=O) groups excluding carboxylic acids is 1. The molecule has 21 heavy (non-hydrogen) atoms. The number of ether oxygens (including phenoxy) is 1. The van der Waals surface area contributed by atoms with E-state index in [-0.39, 0.29) is 0 Å². The summed E-state index contributed by atoms with van der Waals surface area (Å²) in [4.78, 5) is 16.1. The van der Waals surface area contributed by atoms with Crippen LogP contribution in [0, 0.1) is 0 Å². The Balaban J connectivity index is 2.16. The molecule has 0 atom stereocenters. The molecule has 0 saturated carbocycles. The monoisotopic (exact) mass is 345 g/mol. The second-order valence-electron chi connectivity index (χ2n) is 4.35. The number of benzene rings is 1. The zero-order valence-corrected chi connectivity index (χ0v) is 12.9. The molecule has 6 heteroatoms. The highest BCUT2D eigenvalue weighted by atomic mass is 79.9.